The molecular weight excluding hydrogens is 249 g/mol. The zero-order valence-corrected chi connectivity index (χ0v) is 10.8. The number of hydrogen-bond donors (Lipinski definition) is 1. The van der Waals surface area contributed by atoms with Crippen molar-refractivity contribution in [2.75, 3.05) is 0 Å². The predicted molar refractivity (Wildman–Crippen MR) is 70.0 cm³/mol. The molecule has 0 amide bonds. The molecule has 2 rings (SSSR count). The molecule has 2 aromatic rings. The maximum Gasteiger partial charge on any atom is 0.123 e. The van der Waals surface area contributed by atoms with Crippen LogP contribution in [0, 0.1) is 5.82 Å². The van der Waals surface area contributed by atoms with Crippen molar-refractivity contribution >= 4 is 11.8 Å². The average Bonchev–Trinajstić information content (AvgIpc) is 2.41. The van der Waals surface area contributed by atoms with Gasteiger partial charge in [0, 0.05) is 16.0 Å². The molecule has 0 fully saturated rings. The molecule has 0 saturated carbocycles. The Morgan fingerprint density at radius 1 is 1.17 bits per heavy atom. The maximum atomic E-state index is 12.8. The summed E-state index contributed by atoms with van der Waals surface area (Å²) in [5, 5.41) is 9.63. The molecule has 94 valence electrons. The summed E-state index contributed by atoms with van der Waals surface area (Å²) in [6, 6.07) is 10.1. The van der Waals surface area contributed by atoms with E-state index < -0.39 is 6.10 Å². The quantitative estimate of drug-likeness (QED) is 0.910. The smallest absolute Gasteiger partial charge is 0.123 e. The molecule has 0 aliphatic carbocycles. The summed E-state index contributed by atoms with van der Waals surface area (Å²) in [5.74, 6) is -0.237. The normalized spacial score (nSPS) is 12.4. The van der Waals surface area contributed by atoms with Gasteiger partial charge in [0.05, 0.1) is 11.8 Å². The van der Waals surface area contributed by atoms with Gasteiger partial charge in [0.25, 0.3) is 0 Å². The lowest BCUT2D eigenvalue weighted by Gasteiger charge is -2.07. The molecule has 1 atom stereocenters. The van der Waals surface area contributed by atoms with Crippen molar-refractivity contribution in [2.45, 2.75) is 29.2 Å². The molecule has 18 heavy (non-hydrogen) atoms. The minimum absolute atomic E-state index is 0.237. The van der Waals surface area contributed by atoms with Gasteiger partial charge >= 0.3 is 0 Å². The first-order valence-corrected chi connectivity index (χ1v) is 6.58. The van der Waals surface area contributed by atoms with Crippen molar-refractivity contribution in [3.05, 3.63) is 54.1 Å². The molecule has 0 spiro atoms. The van der Waals surface area contributed by atoms with Crippen LogP contribution in [0.25, 0.3) is 0 Å². The summed E-state index contributed by atoms with van der Waals surface area (Å²) in [6.45, 7) is 1.91. The van der Waals surface area contributed by atoms with Crippen LogP contribution in [-0.2, 0) is 0 Å². The first kappa shape index (κ1) is 13.1. The van der Waals surface area contributed by atoms with Crippen molar-refractivity contribution in [3.63, 3.8) is 0 Å². The highest BCUT2D eigenvalue weighted by Crippen LogP contribution is 2.27. The largest absolute Gasteiger partial charge is 0.387 e. The van der Waals surface area contributed by atoms with E-state index in [1.807, 2.05) is 19.1 Å². The maximum absolute atomic E-state index is 12.8. The fourth-order valence-electron chi connectivity index (χ4n) is 1.50. The van der Waals surface area contributed by atoms with E-state index in [2.05, 4.69) is 4.98 Å². The fourth-order valence-corrected chi connectivity index (χ4v) is 2.28. The highest BCUT2D eigenvalue weighted by atomic mass is 32.2. The number of aromatic nitrogens is 1. The third-order valence-corrected chi connectivity index (χ3v) is 3.52. The van der Waals surface area contributed by atoms with Crippen LogP contribution >= 0.6 is 11.8 Å². The van der Waals surface area contributed by atoms with E-state index in [1.54, 1.807) is 18.3 Å². The number of aliphatic hydroxyl groups excluding tert-OH is 1. The molecule has 2 nitrogen and oxygen atoms in total. The molecule has 0 radical (unpaired) electrons. The molecule has 1 heterocycles. The van der Waals surface area contributed by atoms with Gasteiger partial charge in [0.2, 0.25) is 0 Å². The van der Waals surface area contributed by atoms with E-state index in [0.717, 1.165) is 9.79 Å². The van der Waals surface area contributed by atoms with E-state index in [9.17, 15) is 9.50 Å². The first-order valence-electron chi connectivity index (χ1n) is 5.76. The number of hydrogen-bond acceptors (Lipinski definition) is 3. The van der Waals surface area contributed by atoms with Crippen LogP contribution in [-0.4, -0.2) is 10.1 Å². The minimum atomic E-state index is -0.505. The number of pyridine rings is 1. The lowest BCUT2D eigenvalue weighted by Crippen LogP contribution is -1.97. The highest BCUT2D eigenvalue weighted by molar-refractivity contribution is 7.99. The molecule has 0 aliphatic rings. The van der Waals surface area contributed by atoms with Gasteiger partial charge in [-0.3, -0.25) is 4.98 Å². The van der Waals surface area contributed by atoms with Gasteiger partial charge < -0.3 is 5.11 Å². The van der Waals surface area contributed by atoms with Gasteiger partial charge in [-0.05, 0) is 42.8 Å². The third kappa shape index (κ3) is 3.31. The zero-order chi connectivity index (χ0) is 13.0. The van der Waals surface area contributed by atoms with E-state index >= 15 is 0 Å². The second-order valence-corrected chi connectivity index (χ2v) is 5.05. The molecule has 4 heteroatoms. The van der Waals surface area contributed by atoms with Crippen LogP contribution < -0.4 is 0 Å². The summed E-state index contributed by atoms with van der Waals surface area (Å²) in [7, 11) is 0. The second-order valence-electron chi connectivity index (χ2n) is 3.90. The van der Waals surface area contributed by atoms with Gasteiger partial charge in [0.1, 0.15) is 5.82 Å². The minimum Gasteiger partial charge on any atom is -0.387 e. The Morgan fingerprint density at radius 2 is 1.83 bits per heavy atom. The predicted octanol–water partition coefficient (Wildman–Crippen LogP) is 3.82. The van der Waals surface area contributed by atoms with Gasteiger partial charge in [-0.15, -0.1) is 0 Å². The lowest BCUT2D eigenvalue weighted by atomic mass is 10.2. The standard InChI is InChI=1S/C14H14FNOS/c1-2-14(17)13-8-7-12(9-16-13)18-11-5-3-10(15)4-6-11/h3-9,14,17H,2H2,1H3/t14-/m1/s1. The molecular formula is C14H14FNOS. The van der Waals surface area contributed by atoms with Crippen molar-refractivity contribution in [1.29, 1.82) is 0 Å². The van der Waals surface area contributed by atoms with Gasteiger partial charge in [-0.1, -0.05) is 18.7 Å². The average molecular weight is 263 g/mol. The number of halogens is 1. The van der Waals surface area contributed by atoms with E-state index in [1.165, 1.54) is 23.9 Å². The second kappa shape index (κ2) is 5.98. The van der Waals surface area contributed by atoms with E-state index in [0.29, 0.717) is 12.1 Å². The molecule has 1 aromatic heterocycles. The summed E-state index contributed by atoms with van der Waals surface area (Å²) in [4.78, 5) is 6.14. The van der Waals surface area contributed by atoms with Crippen LogP contribution in [0.2, 0.25) is 0 Å². The molecule has 1 aromatic carbocycles. The Hall–Kier alpha value is -1.39. The Bertz CT molecular complexity index is 498. The zero-order valence-electron chi connectivity index (χ0n) is 10.0. The van der Waals surface area contributed by atoms with Crippen LogP contribution in [0.1, 0.15) is 25.1 Å². The summed E-state index contributed by atoms with van der Waals surface area (Å²) < 4.78 is 12.8. The number of aliphatic hydroxyl groups is 1. The van der Waals surface area contributed by atoms with Gasteiger partial charge in [0.15, 0.2) is 0 Å². The lowest BCUT2D eigenvalue weighted by molar-refractivity contribution is 0.169. The molecule has 0 aliphatic heterocycles. The van der Waals surface area contributed by atoms with Gasteiger partial charge in [-0.25, -0.2) is 4.39 Å². The van der Waals surface area contributed by atoms with Crippen LogP contribution in [0.5, 0.6) is 0 Å². The molecule has 0 bridgehead atoms. The first-order chi connectivity index (χ1) is 8.69. The van der Waals surface area contributed by atoms with Crippen LogP contribution in [0.3, 0.4) is 0 Å². The number of nitrogens with zero attached hydrogens (tertiary/aromatic N) is 1. The van der Waals surface area contributed by atoms with Crippen molar-refractivity contribution in [3.8, 4) is 0 Å². The molecule has 0 unspecified atom stereocenters. The summed E-state index contributed by atoms with van der Waals surface area (Å²) in [6.07, 6.45) is 1.87. The van der Waals surface area contributed by atoms with E-state index in [-0.39, 0.29) is 5.82 Å². The Kier molecular flexibility index (Phi) is 4.33. The van der Waals surface area contributed by atoms with Crippen molar-refractivity contribution < 1.29 is 9.50 Å². The third-order valence-electron chi connectivity index (χ3n) is 2.54. The SMILES string of the molecule is CC[C@@H](O)c1ccc(Sc2ccc(F)cc2)cn1. The highest BCUT2D eigenvalue weighted by Gasteiger charge is 2.06. The van der Waals surface area contributed by atoms with E-state index in [4.69, 9.17) is 0 Å². The number of rotatable bonds is 4. The molecule has 1 N–H and O–H groups in total. The monoisotopic (exact) mass is 263 g/mol. The fraction of sp³-hybridized carbons (Fsp3) is 0.214. The molecule has 0 saturated heterocycles. The van der Waals surface area contributed by atoms with Crippen LogP contribution in [0.4, 0.5) is 4.39 Å². The van der Waals surface area contributed by atoms with Crippen molar-refractivity contribution in [1.82, 2.24) is 4.98 Å². The number of benzene rings is 1. The summed E-state index contributed by atoms with van der Waals surface area (Å²) in [5.41, 5.74) is 0.681. The Morgan fingerprint density at radius 3 is 2.39 bits per heavy atom. The Balaban J connectivity index is 2.08. The van der Waals surface area contributed by atoms with Crippen LogP contribution in [0.15, 0.2) is 52.4 Å². The van der Waals surface area contributed by atoms with Gasteiger partial charge in [-0.2, -0.15) is 0 Å². The summed E-state index contributed by atoms with van der Waals surface area (Å²) >= 11 is 1.51. The topological polar surface area (TPSA) is 33.1 Å². The Labute approximate surface area is 110 Å². The van der Waals surface area contributed by atoms with Crippen molar-refractivity contribution in [2.24, 2.45) is 0 Å².